The van der Waals surface area contributed by atoms with Crippen molar-refractivity contribution in [2.45, 2.75) is 65.2 Å². The third-order valence-corrected chi connectivity index (χ3v) is 10.4. The molecule has 3 aromatic heterocycles. The third-order valence-electron chi connectivity index (χ3n) is 10.1. The number of carbonyl (C=O) groups is 2. The van der Waals surface area contributed by atoms with Gasteiger partial charge in [-0.2, -0.15) is 0 Å². The molecule has 3 heterocycles. The molecular weight excluding hydrogens is 788 g/mol. The molecule has 14 nitrogen and oxygen atoms in total. The van der Waals surface area contributed by atoms with Crippen LogP contribution in [0.4, 0.5) is 5.69 Å². The Bertz CT molecular complexity index is 2460. The van der Waals surface area contributed by atoms with Gasteiger partial charge in [-0.1, -0.05) is 48.0 Å². The topological polar surface area (TPSA) is 200 Å². The van der Waals surface area contributed by atoms with Crippen LogP contribution in [0.1, 0.15) is 46.4 Å². The number of aliphatic hydroxyl groups excluding tert-OH is 2. The monoisotopic (exact) mass is 836 g/mol. The maximum atomic E-state index is 11.0. The summed E-state index contributed by atoms with van der Waals surface area (Å²) in [4.78, 5) is 30.9. The van der Waals surface area contributed by atoms with Crippen LogP contribution in [0.15, 0.2) is 91.5 Å². The van der Waals surface area contributed by atoms with Crippen molar-refractivity contribution in [3.05, 3.63) is 130 Å². The number of hydrogen-bond acceptors (Lipinski definition) is 11. The molecular formula is C45H49ClN6O8. The molecule has 314 valence electrons. The highest BCUT2D eigenvalue weighted by Crippen LogP contribution is 2.37. The van der Waals surface area contributed by atoms with Crippen LogP contribution in [0.2, 0.25) is 5.02 Å². The molecule has 6 aromatic rings. The summed E-state index contributed by atoms with van der Waals surface area (Å²) >= 11 is 6.79. The second-order valence-electron chi connectivity index (χ2n) is 14.5. The maximum absolute atomic E-state index is 11.0. The molecule has 0 saturated heterocycles. The zero-order chi connectivity index (χ0) is 42.8. The molecule has 60 heavy (non-hydrogen) atoms. The first kappa shape index (κ1) is 43.5. The molecule has 6 rings (SSSR count). The van der Waals surface area contributed by atoms with Gasteiger partial charge in [-0.3, -0.25) is 14.6 Å². The lowest BCUT2D eigenvalue weighted by Gasteiger charge is -2.18. The number of aliphatic carboxylic acids is 2. The van der Waals surface area contributed by atoms with E-state index < -0.39 is 24.1 Å². The van der Waals surface area contributed by atoms with Crippen LogP contribution in [0.25, 0.3) is 27.9 Å². The summed E-state index contributed by atoms with van der Waals surface area (Å²) in [6.07, 6.45) is 4.58. The Morgan fingerprint density at radius 3 is 2.17 bits per heavy atom. The number of hydrogen-bond donors (Lipinski definition) is 7. The number of carboxylic acids is 2. The van der Waals surface area contributed by atoms with Crippen molar-refractivity contribution >= 4 is 34.9 Å². The van der Waals surface area contributed by atoms with E-state index in [9.17, 15) is 19.8 Å². The van der Waals surface area contributed by atoms with Crippen molar-refractivity contribution in [3.8, 4) is 33.8 Å². The van der Waals surface area contributed by atoms with Crippen molar-refractivity contribution in [2.75, 3.05) is 25.5 Å². The number of imidazole rings is 1. The van der Waals surface area contributed by atoms with Gasteiger partial charge in [0.1, 0.15) is 30.4 Å². The van der Waals surface area contributed by atoms with Gasteiger partial charge in [0.05, 0.1) is 41.5 Å². The fourth-order valence-electron chi connectivity index (χ4n) is 6.93. The van der Waals surface area contributed by atoms with Gasteiger partial charge in [-0.15, -0.1) is 0 Å². The molecule has 0 saturated carbocycles. The summed E-state index contributed by atoms with van der Waals surface area (Å²) in [7, 11) is 1.81. The Labute approximate surface area is 352 Å². The number of nitrogens with one attached hydrogen (secondary N) is 3. The fourth-order valence-corrected chi connectivity index (χ4v) is 7.17. The number of anilines is 1. The molecule has 0 unspecified atom stereocenters. The van der Waals surface area contributed by atoms with Gasteiger partial charge in [-0.25, -0.2) is 4.98 Å². The lowest BCUT2D eigenvalue weighted by Crippen LogP contribution is -2.28. The van der Waals surface area contributed by atoms with Crippen molar-refractivity contribution in [1.29, 1.82) is 0 Å². The first-order valence-electron chi connectivity index (χ1n) is 19.5. The highest BCUT2D eigenvalue weighted by atomic mass is 35.5. The van der Waals surface area contributed by atoms with E-state index in [1.807, 2.05) is 60.2 Å². The number of nitrogens with zero attached hydrogens (tertiary/aromatic N) is 3. The molecule has 3 aromatic carbocycles. The average molecular weight is 837 g/mol. The Morgan fingerprint density at radius 2 is 1.45 bits per heavy atom. The zero-order valence-electron chi connectivity index (χ0n) is 33.6. The standard InChI is InChI=1S/C45H49ClN6O8/c1-27-31(26-60-42-17-41(59-25-29-12-33(47-3)20-48-18-29)32(13-40(42)46)19-49-22-35(53)15-44(55)56)6-4-8-38(27)39-9-5-7-37(28(39)2)30-10-11-52-24-34(51-43(52)14-30)21-50-23-36(54)16-45(57)58/h4-14,17-18,20,24,35-36,47,49-50,53-54H,15-16,19,21-23,25-26H2,1-3H3,(H,55,56)(H,57,58)/t35-,36-/m0/s1. The van der Waals surface area contributed by atoms with E-state index in [4.69, 9.17) is 36.3 Å². The molecule has 0 radical (unpaired) electrons. The van der Waals surface area contributed by atoms with Gasteiger partial charge in [0, 0.05) is 75.2 Å². The molecule has 0 aliphatic rings. The summed E-state index contributed by atoms with van der Waals surface area (Å²) in [6.45, 7) is 5.50. The van der Waals surface area contributed by atoms with Gasteiger partial charge < -0.3 is 50.3 Å². The predicted octanol–water partition coefficient (Wildman–Crippen LogP) is 6.38. The van der Waals surface area contributed by atoms with Crippen LogP contribution in [0, 0.1) is 13.8 Å². The van der Waals surface area contributed by atoms with E-state index in [1.165, 1.54) is 0 Å². The average Bonchev–Trinajstić information content (AvgIpc) is 3.62. The lowest BCUT2D eigenvalue weighted by atomic mass is 9.90. The second-order valence-corrected chi connectivity index (χ2v) is 15.0. The maximum Gasteiger partial charge on any atom is 0.306 e. The highest BCUT2D eigenvalue weighted by molar-refractivity contribution is 6.32. The van der Waals surface area contributed by atoms with E-state index in [1.54, 1.807) is 24.5 Å². The first-order valence-corrected chi connectivity index (χ1v) is 19.8. The SMILES string of the molecule is CNc1cncc(COc2cc(OCc3cccc(-c4cccc(-c5ccn6cc(CNC[C@@H](O)CC(=O)O)nc6c5)c4C)c3C)c(Cl)cc2CNC[C@@H](O)CC(=O)O)c1. The number of carboxylic acid groups (broad SMARTS) is 2. The number of aromatic nitrogens is 3. The molecule has 7 N–H and O–H groups in total. The smallest absolute Gasteiger partial charge is 0.306 e. The van der Waals surface area contributed by atoms with E-state index in [2.05, 4.69) is 53.0 Å². The van der Waals surface area contributed by atoms with Gasteiger partial charge in [0.25, 0.3) is 0 Å². The molecule has 0 spiro atoms. The van der Waals surface area contributed by atoms with Gasteiger partial charge in [-0.05, 0) is 77.1 Å². The number of pyridine rings is 2. The van der Waals surface area contributed by atoms with Crippen LogP contribution >= 0.6 is 11.6 Å². The van der Waals surface area contributed by atoms with Crippen LogP contribution in [-0.4, -0.2) is 79.1 Å². The minimum absolute atomic E-state index is 0.0686. The van der Waals surface area contributed by atoms with E-state index in [0.717, 1.165) is 61.5 Å². The van der Waals surface area contributed by atoms with Crippen LogP contribution in [-0.2, 0) is 35.9 Å². The Morgan fingerprint density at radius 1 is 0.783 bits per heavy atom. The number of rotatable bonds is 21. The summed E-state index contributed by atoms with van der Waals surface area (Å²) < 4.78 is 14.6. The largest absolute Gasteiger partial charge is 0.488 e. The van der Waals surface area contributed by atoms with Gasteiger partial charge in [0.15, 0.2) is 0 Å². The third kappa shape index (κ3) is 11.4. The minimum atomic E-state index is -1.08. The number of benzene rings is 3. The second kappa shape index (κ2) is 20.3. The number of aliphatic hydroxyl groups is 2. The van der Waals surface area contributed by atoms with Gasteiger partial charge in [0.2, 0.25) is 0 Å². The molecule has 0 bridgehead atoms. The molecule has 0 aliphatic carbocycles. The highest BCUT2D eigenvalue weighted by Gasteiger charge is 2.17. The molecule has 0 amide bonds. The van der Waals surface area contributed by atoms with Crippen molar-refractivity contribution in [3.63, 3.8) is 0 Å². The fraction of sp³-hybridized carbons (Fsp3) is 0.289. The van der Waals surface area contributed by atoms with E-state index in [-0.39, 0.29) is 45.7 Å². The molecule has 15 heteroatoms. The normalized spacial score (nSPS) is 12.3. The Hall–Kier alpha value is -6.03. The van der Waals surface area contributed by atoms with Crippen LogP contribution in [0.5, 0.6) is 11.5 Å². The number of fused-ring (bicyclic) bond motifs is 1. The summed E-state index contributed by atoms with van der Waals surface area (Å²) in [5.74, 6) is -1.19. The van der Waals surface area contributed by atoms with Crippen LogP contribution < -0.4 is 25.4 Å². The first-order chi connectivity index (χ1) is 28.9. The quantitative estimate of drug-likeness (QED) is 0.0422. The Kier molecular flexibility index (Phi) is 14.7. The number of ether oxygens (including phenoxy) is 2. The van der Waals surface area contributed by atoms with Gasteiger partial charge >= 0.3 is 11.9 Å². The van der Waals surface area contributed by atoms with E-state index in [0.29, 0.717) is 28.6 Å². The molecule has 2 atom stereocenters. The summed E-state index contributed by atoms with van der Waals surface area (Å²) in [5.41, 5.74) is 11.3. The van der Waals surface area contributed by atoms with Crippen LogP contribution in [0.3, 0.4) is 0 Å². The zero-order valence-corrected chi connectivity index (χ0v) is 34.4. The van der Waals surface area contributed by atoms with Crippen molar-refractivity contribution < 1.29 is 39.5 Å². The summed E-state index contributed by atoms with van der Waals surface area (Å²) in [6, 6.07) is 21.9. The molecule has 0 fully saturated rings. The van der Waals surface area contributed by atoms with Crippen molar-refractivity contribution in [2.24, 2.45) is 0 Å². The summed E-state index contributed by atoms with van der Waals surface area (Å²) in [5, 5.41) is 47.5. The lowest BCUT2D eigenvalue weighted by molar-refractivity contribution is -0.140. The van der Waals surface area contributed by atoms with Crippen molar-refractivity contribution in [1.82, 2.24) is 25.0 Å². The molecule has 0 aliphatic heterocycles. The minimum Gasteiger partial charge on any atom is -0.488 e. The van der Waals surface area contributed by atoms with E-state index >= 15 is 0 Å². The number of halogens is 1. The Balaban J connectivity index is 1.19. The predicted molar refractivity (Wildman–Crippen MR) is 229 cm³/mol.